The maximum Gasteiger partial charge on any atom is 0.264 e. The monoisotopic (exact) mass is 901 g/mol. The highest BCUT2D eigenvalue weighted by atomic mass is 32.1. The van der Waals surface area contributed by atoms with Gasteiger partial charge in [0.05, 0.1) is 11.4 Å². The van der Waals surface area contributed by atoms with Gasteiger partial charge < -0.3 is 9.80 Å². The highest BCUT2D eigenvalue weighted by molar-refractivity contribution is 7.33. The van der Waals surface area contributed by atoms with Crippen molar-refractivity contribution in [3.63, 3.8) is 0 Å². The van der Waals surface area contributed by atoms with Crippen molar-refractivity contribution >= 4 is 78.0 Å². The minimum Gasteiger partial charge on any atom is -0.311 e. The van der Waals surface area contributed by atoms with Gasteiger partial charge in [-0.2, -0.15) is 0 Å². The molecule has 0 atom stereocenters. The van der Waals surface area contributed by atoms with E-state index in [0.717, 1.165) is 6.42 Å². The van der Waals surface area contributed by atoms with E-state index in [1.807, 2.05) is 11.3 Å². The van der Waals surface area contributed by atoms with E-state index < -0.39 is 0 Å². The first-order valence-corrected chi connectivity index (χ1v) is 25.8. The van der Waals surface area contributed by atoms with Crippen molar-refractivity contribution in [3.05, 3.63) is 148 Å². The Kier molecular flexibility index (Phi) is 10.2. The molecule has 0 fully saturated rings. The molecule has 67 heavy (non-hydrogen) atoms. The number of hydrogen-bond donors (Lipinski definition) is 0. The summed E-state index contributed by atoms with van der Waals surface area (Å²) < 4.78 is 2.78. The zero-order chi connectivity index (χ0) is 48.1. The molecule has 0 radical (unpaired) electrons. The Bertz CT molecular complexity index is 3110. The Hall–Kier alpha value is -5.06. The standard InChI is InChI=1S/C63H73BN2S/c1-38-32-52-55-53(33-38)66(51-37-48-47(62(14,15)30-31-63(48,16)17)36-45(51)39-18-20-40(21-19-39)58(2,3)4)56-46-34-42(60(8,9)10)25-29-54(46)67-57(56)64(55)49-35-43(61(11,12)13)24-28-50(49)65(52)44-26-22-41(23-27-44)59(5,6)7/h18-29,32-37H,30-31H2,1-17H3. The molecule has 344 valence electrons. The number of thiophene rings is 1. The molecule has 10 rings (SSSR count). The minimum atomic E-state index is -0.0168. The Morgan fingerprint density at radius 3 is 1.55 bits per heavy atom. The Morgan fingerprint density at radius 2 is 0.985 bits per heavy atom. The van der Waals surface area contributed by atoms with Crippen molar-refractivity contribution in [3.8, 4) is 11.1 Å². The molecule has 0 bridgehead atoms. The lowest BCUT2D eigenvalue weighted by molar-refractivity contribution is 0.332. The van der Waals surface area contributed by atoms with Gasteiger partial charge in [-0.25, -0.2) is 0 Å². The van der Waals surface area contributed by atoms with Crippen LogP contribution < -0.4 is 25.5 Å². The Labute approximate surface area is 407 Å². The summed E-state index contributed by atoms with van der Waals surface area (Å²) in [6.07, 6.45) is 2.33. The molecule has 2 nitrogen and oxygen atoms in total. The lowest BCUT2D eigenvalue weighted by Crippen LogP contribution is -2.60. The molecule has 1 aliphatic carbocycles. The number of fused-ring (bicyclic) bond motifs is 7. The molecule has 0 unspecified atom stereocenters. The molecule has 3 aliphatic rings. The van der Waals surface area contributed by atoms with Gasteiger partial charge in [0.1, 0.15) is 0 Å². The number of aryl methyl sites for hydroxylation is 1. The second-order valence-corrected chi connectivity index (χ2v) is 27.0. The van der Waals surface area contributed by atoms with Crippen molar-refractivity contribution in [2.45, 2.75) is 163 Å². The van der Waals surface area contributed by atoms with Crippen molar-refractivity contribution in [1.29, 1.82) is 0 Å². The van der Waals surface area contributed by atoms with Crippen molar-refractivity contribution in [2.75, 3.05) is 9.80 Å². The highest BCUT2D eigenvalue weighted by Crippen LogP contribution is 2.55. The largest absolute Gasteiger partial charge is 0.311 e. The van der Waals surface area contributed by atoms with E-state index in [1.165, 1.54) is 116 Å². The second kappa shape index (κ2) is 15.0. The Balaban J connectivity index is 1.36. The molecule has 0 spiro atoms. The second-order valence-electron chi connectivity index (χ2n) is 25.9. The molecule has 0 amide bonds. The first-order chi connectivity index (χ1) is 31.1. The number of hydrogen-bond acceptors (Lipinski definition) is 3. The molecule has 0 saturated carbocycles. The fraction of sp³-hybridized carbons (Fsp3) is 0.397. The third-order valence-electron chi connectivity index (χ3n) is 15.8. The highest BCUT2D eigenvalue weighted by Gasteiger charge is 2.47. The van der Waals surface area contributed by atoms with Crippen LogP contribution in [0.4, 0.5) is 34.1 Å². The zero-order valence-electron chi connectivity index (χ0n) is 43.7. The molecule has 0 N–H and O–H groups in total. The van der Waals surface area contributed by atoms with Crippen LogP contribution in [0.1, 0.15) is 163 Å². The maximum atomic E-state index is 2.76. The minimum absolute atomic E-state index is 0.00630. The number of benzene rings is 6. The van der Waals surface area contributed by atoms with Gasteiger partial charge in [-0.1, -0.05) is 165 Å². The van der Waals surface area contributed by atoms with Crippen molar-refractivity contribution < 1.29 is 0 Å². The predicted molar refractivity (Wildman–Crippen MR) is 296 cm³/mol. The van der Waals surface area contributed by atoms with E-state index in [1.54, 1.807) is 0 Å². The Morgan fingerprint density at radius 1 is 0.493 bits per heavy atom. The fourth-order valence-corrected chi connectivity index (χ4v) is 12.7. The van der Waals surface area contributed by atoms with Crippen LogP contribution in [-0.2, 0) is 32.5 Å². The molecule has 2 aliphatic heterocycles. The van der Waals surface area contributed by atoms with Crippen LogP contribution in [0.5, 0.6) is 0 Å². The fourth-order valence-electron chi connectivity index (χ4n) is 11.4. The van der Waals surface area contributed by atoms with Gasteiger partial charge in [0, 0.05) is 43.2 Å². The first kappa shape index (κ1) is 45.7. The van der Waals surface area contributed by atoms with Crippen molar-refractivity contribution in [1.82, 2.24) is 0 Å². The van der Waals surface area contributed by atoms with Crippen LogP contribution in [0.3, 0.4) is 0 Å². The summed E-state index contributed by atoms with van der Waals surface area (Å²) in [7, 11) is 0. The van der Waals surface area contributed by atoms with Crippen LogP contribution in [-0.4, -0.2) is 6.71 Å². The van der Waals surface area contributed by atoms with E-state index >= 15 is 0 Å². The number of rotatable bonds is 3. The van der Waals surface area contributed by atoms with Gasteiger partial charge in [-0.3, -0.25) is 0 Å². The number of nitrogens with zero attached hydrogens (tertiary/aromatic N) is 2. The predicted octanol–water partition coefficient (Wildman–Crippen LogP) is 16.5. The van der Waals surface area contributed by atoms with E-state index in [0.29, 0.717) is 0 Å². The summed E-state index contributed by atoms with van der Waals surface area (Å²) in [6, 6.07) is 44.0. The van der Waals surface area contributed by atoms with Gasteiger partial charge in [-0.05, 0) is 162 Å². The third-order valence-corrected chi connectivity index (χ3v) is 17.0. The van der Waals surface area contributed by atoms with E-state index in [4.69, 9.17) is 0 Å². The lowest BCUT2D eigenvalue weighted by Gasteiger charge is -2.46. The third kappa shape index (κ3) is 7.51. The average Bonchev–Trinajstić information content (AvgIpc) is 3.62. The lowest BCUT2D eigenvalue weighted by atomic mass is 9.36. The molecular weight excluding hydrogens is 828 g/mol. The summed E-state index contributed by atoms with van der Waals surface area (Å²) >= 11 is 2.01. The summed E-state index contributed by atoms with van der Waals surface area (Å²) in [4.78, 5) is 5.35. The number of anilines is 6. The van der Waals surface area contributed by atoms with Crippen LogP contribution in [0, 0.1) is 6.92 Å². The smallest absolute Gasteiger partial charge is 0.264 e. The molecular formula is C63H73BN2S. The summed E-state index contributed by atoms with van der Waals surface area (Å²) in [6.45, 7) is 40.3. The van der Waals surface area contributed by atoms with Crippen LogP contribution in [0.15, 0.2) is 109 Å². The summed E-state index contributed by atoms with van der Waals surface area (Å²) in [5, 5.41) is 1.35. The molecule has 0 saturated heterocycles. The molecule has 3 heterocycles. The van der Waals surface area contributed by atoms with Gasteiger partial charge in [-0.15, -0.1) is 11.3 Å². The van der Waals surface area contributed by atoms with Gasteiger partial charge >= 0.3 is 0 Å². The summed E-state index contributed by atoms with van der Waals surface area (Å²) in [5.74, 6) is 0. The average molecular weight is 901 g/mol. The normalized spacial score (nSPS) is 16.5. The van der Waals surface area contributed by atoms with E-state index in [2.05, 4.69) is 237 Å². The zero-order valence-corrected chi connectivity index (χ0v) is 44.5. The van der Waals surface area contributed by atoms with E-state index in [-0.39, 0.29) is 39.2 Å². The molecule has 4 heteroatoms. The van der Waals surface area contributed by atoms with Gasteiger partial charge in [0.15, 0.2) is 0 Å². The maximum absolute atomic E-state index is 2.76. The van der Waals surface area contributed by atoms with Crippen molar-refractivity contribution in [2.24, 2.45) is 0 Å². The molecule has 6 aromatic carbocycles. The van der Waals surface area contributed by atoms with Gasteiger partial charge in [0.2, 0.25) is 0 Å². The van der Waals surface area contributed by atoms with Crippen LogP contribution in [0.25, 0.3) is 21.2 Å². The molecule has 7 aromatic rings. The van der Waals surface area contributed by atoms with Crippen LogP contribution in [0.2, 0.25) is 0 Å². The topological polar surface area (TPSA) is 6.48 Å². The summed E-state index contributed by atoms with van der Waals surface area (Å²) in [5.41, 5.74) is 22.8. The van der Waals surface area contributed by atoms with E-state index in [9.17, 15) is 0 Å². The quantitative estimate of drug-likeness (QED) is 0.163. The first-order valence-electron chi connectivity index (χ1n) is 25.0. The van der Waals surface area contributed by atoms with Gasteiger partial charge in [0.25, 0.3) is 6.71 Å². The molecule has 1 aromatic heterocycles. The van der Waals surface area contributed by atoms with Crippen LogP contribution >= 0.6 is 11.3 Å². The SMILES string of the molecule is Cc1cc2c3c(c1)N(c1cc4c(cc1-c1ccc(C(C)(C)C)cc1)C(C)(C)CCC4(C)C)c1c(sc4ccc(C(C)(C)C)cc14)B3c1cc(C(C)(C)C)ccc1N2c1ccc(C(C)(C)C)cc1.